The minimum Gasteiger partial charge on any atom is -0.449 e. The Bertz CT molecular complexity index is 1170. The maximum absolute atomic E-state index is 12.9. The second kappa shape index (κ2) is 8.63. The van der Waals surface area contributed by atoms with E-state index in [4.69, 9.17) is 4.42 Å². The highest BCUT2D eigenvalue weighted by Gasteiger charge is 2.33. The zero-order valence-corrected chi connectivity index (χ0v) is 18.0. The Morgan fingerprint density at radius 1 is 1.10 bits per heavy atom. The van der Waals surface area contributed by atoms with E-state index in [9.17, 15) is 18.0 Å². The van der Waals surface area contributed by atoms with Crippen molar-refractivity contribution in [2.75, 3.05) is 0 Å². The molecule has 1 saturated carbocycles. The average molecular weight is 441 g/mol. The summed E-state index contributed by atoms with van der Waals surface area (Å²) in [6.45, 7) is 1.82. The number of ketones is 1. The fourth-order valence-electron chi connectivity index (χ4n) is 4.03. The van der Waals surface area contributed by atoms with Crippen LogP contribution in [0.25, 0.3) is 11.0 Å². The van der Waals surface area contributed by atoms with Gasteiger partial charge < -0.3 is 9.73 Å². The van der Waals surface area contributed by atoms with Crippen molar-refractivity contribution in [3.8, 4) is 0 Å². The number of fused-ring (bicyclic) bond motifs is 1. The lowest BCUT2D eigenvalue weighted by Gasteiger charge is -2.26. The molecule has 0 saturated heterocycles. The van der Waals surface area contributed by atoms with Gasteiger partial charge in [-0.2, -0.15) is 0 Å². The molecule has 8 heteroatoms. The van der Waals surface area contributed by atoms with E-state index in [0.717, 1.165) is 10.9 Å². The van der Waals surface area contributed by atoms with Gasteiger partial charge in [-0.1, -0.05) is 12.1 Å². The maximum atomic E-state index is 12.9. The first-order valence-corrected chi connectivity index (χ1v) is 11.8. The van der Waals surface area contributed by atoms with E-state index < -0.39 is 15.1 Å². The van der Waals surface area contributed by atoms with Crippen LogP contribution in [-0.2, 0) is 21.2 Å². The molecule has 0 unspecified atom stereocenters. The van der Waals surface area contributed by atoms with E-state index in [-0.39, 0.29) is 34.8 Å². The fourth-order valence-corrected chi connectivity index (χ4v) is 5.83. The van der Waals surface area contributed by atoms with Gasteiger partial charge in [-0.3, -0.25) is 14.6 Å². The molecule has 0 spiro atoms. The van der Waals surface area contributed by atoms with Crippen LogP contribution in [0.3, 0.4) is 0 Å². The Morgan fingerprint density at radius 3 is 2.45 bits per heavy atom. The van der Waals surface area contributed by atoms with Gasteiger partial charge >= 0.3 is 0 Å². The van der Waals surface area contributed by atoms with Gasteiger partial charge in [-0.15, -0.1) is 0 Å². The highest BCUT2D eigenvalue weighted by Crippen LogP contribution is 2.32. The lowest BCUT2D eigenvalue weighted by molar-refractivity contribution is -0.121. The summed E-state index contributed by atoms with van der Waals surface area (Å²) in [6.07, 6.45) is 5.46. The van der Waals surface area contributed by atoms with Crippen molar-refractivity contribution in [1.29, 1.82) is 0 Å². The summed E-state index contributed by atoms with van der Waals surface area (Å²) < 4.78 is 31.4. The highest BCUT2D eigenvalue weighted by molar-refractivity contribution is 7.92. The third-order valence-electron chi connectivity index (χ3n) is 5.94. The number of Topliss-reactive ketones (excluding diaryl/α,β-unsaturated/α-hetero) is 1. The second-order valence-electron chi connectivity index (χ2n) is 7.98. The van der Waals surface area contributed by atoms with Crippen LogP contribution >= 0.6 is 0 Å². The number of hydrogen-bond donors (Lipinski definition) is 1. The predicted molar refractivity (Wildman–Crippen MR) is 115 cm³/mol. The smallest absolute Gasteiger partial charge is 0.287 e. The third-order valence-corrected chi connectivity index (χ3v) is 8.22. The largest absolute Gasteiger partial charge is 0.449 e. The zero-order chi connectivity index (χ0) is 22.0. The number of amides is 1. The Kier molecular flexibility index (Phi) is 5.91. The van der Waals surface area contributed by atoms with Crippen LogP contribution in [0.2, 0.25) is 0 Å². The zero-order valence-electron chi connectivity index (χ0n) is 17.2. The number of furan rings is 1. The second-order valence-corrected chi connectivity index (χ2v) is 10.2. The van der Waals surface area contributed by atoms with Crippen molar-refractivity contribution in [2.24, 2.45) is 5.92 Å². The third kappa shape index (κ3) is 4.54. The quantitative estimate of drug-likeness (QED) is 0.627. The van der Waals surface area contributed by atoms with E-state index >= 15 is 0 Å². The molecule has 31 heavy (non-hydrogen) atoms. The molecule has 0 atom stereocenters. The molecule has 162 valence electrons. The Labute approximate surface area is 180 Å². The van der Waals surface area contributed by atoms with Crippen molar-refractivity contribution < 1.29 is 22.4 Å². The van der Waals surface area contributed by atoms with Crippen molar-refractivity contribution in [3.63, 3.8) is 0 Å². The van der Waals surface area contributed by atoms with Crippen molar-refractivity contribution in [2.45, 2.75) is 49.3 Å². The lowest BCUT2D eigenvalue weighted by Crippen LogP contribution is -2.29. The molecule has 1 aliphatic rings. The monoisotopic (exact) mass is 440 g/mol. The summed E-state index contributed by atoms with van der Waals surface area (Å²) in [6, 6.07) is 10.00. The van der Waals surface area contributed by atoms with Crippen molar-refractivity contribution >= 4 is 32.5 Å². The first-order valence-electron chi connectivity index (χ1n) is 10.3. The van der Waals surface area contributed by atoms with Crippen molar-refractivity contribution in [3.05, 3.63) is 60.1 Å². The SMILES string of the molecule is CC(=O)C1CCC(S(=O)(=O)c2ccc(CNC(=O)c3cc4ccncc4o3)cc2)CC1. The highest BCUT2D eigenvalue weighted by atomic mass is 32.2. The van der Waals surface area contributed by atoms with Gasteiger partial charge in [0.15, 0.2) is 21.2 Å². The van der Waals surface area contributed by atoms with Crippen LogP contribution in [0.5, 0.6) is 0 Å². The Balaban J connectivity index is 1.37. The van der Waals surface area contributed by atoms with E-state index in [0.29, 0.717) is 31.3 Å². The van der Waals surface area contributed by atoms with E-state index in [1.807, 2.05) is 0 Å². The molecular formula is C23H24N2O5S. The molecule has 4 rings (SSSR count). The number of hydrogen-bond acceptors (Lipinski definition) is 6. The molecule has 1 aliphatic carbocycles. The van der Waals surface area contributed by atoms with Gasteiger partial charge in [0.1, 0.15) is 5.78 Å². The average Bonchev–Trinajstić information content (AvgIpc) is 3.22. The molecule has 0 bridgehead atoms. The van der Waals surface area contributed by atoms with Gasteiger partial charge in [-0.25, -0.2) is 8.42 Å². The number of nitrogens with one attached hydrogen (secondary N) is 1. The van der Waals surface area contributed by atoms with Gasteiger partial charge in [0, 0.05) is 24.0 Å². The molecule has 3 aromatic rings. The number of benzene rings is 1. The van der Waals surface area contributed by atoms with Gasteiger partial charge in [0.05, 0.1) is 16.3 Å². The number of carbonyl (C=O) groups excluding carboxylic acids is 2. The van der Waals surface area contributed by atoms with Crippen LogP contribution < -0.4 is 5.32 Å². The molecule has 2 heterocycles. The summed E-state index contributed by atoms with van der Waals surface area (Å²) in [4.78, 5) is 28.1. The summed E-state index contributed by atoms with van der Waals surface area (Å²) in [5.74, 6) is -0.0273. The first kappa shape index (κ1) is 21.2. The molecule has 1 amide bonds. The molecule has 7 nitrogen and oxygen atoms in total. The van der Waals surface area contributed by atoms with Crippen LogP contribution in [0.15, 0.2) is 58.1 Å². The standard InChI is InChI=1S/C23H24N2O5S/c1-15(26)17-4-8-20(9-5-17)31(28,29)19-6-2-16(3-7-19)13-25-23(27)21-12-18-10-11-24-14-22(18)30-21/h2-3,6-7,10-12,14,17,20H,4-5,8-9,13H2,1H3,(H,25,27). The fraction of sp³-hybridized carbons (Fsp3) is 0.348. The number of pyridine rings is 1. The van der Waals surface area contributed by atoms with E-state index in [1.54, 1.807) is 55.7 Å². The molecule has 1 fully saturated rings. The van der Waals surface area contributed by atoms with Crippen LogP contribution in [0.1, 0.15) is 48.7 Å². The topological polar surface area (TPSA) is 106 Å². The number of nitrogens with zero attached hydrogens (tertiary/aromatic N) is 1. The summed E-state index contributed by atoms with van der Waals surface area (Å²) in [5.41, 5.74) is 1.32. The summed E-state index contributed by atoms with van der Waals surface area (Å²) in [5, 5.41) is 3.13. The number of rotatable bonds is 6. The number of aromatic nitrogens is 1. The van der Waals surface area contributed by atoms with Gasteiger partial charge in [0.2, 0.25) is 0 Å². The van der Waals surface area contributed by atoms with Gasteiger partial charge in [0.25, 0.3) is 5.91 Å². The molecule has 0 aliphatic heterocycles. The number of carbonyl (C=O) groups is 2. The minimum absolute atomic E-state index is 0.0135. The van der Waals surface area contributed by atoms with E-state index in [2.05, 4.69) is 10.3 Å². The first-order chi connectivity index (χ1) is 14.8. The molecule has 1 N–H and O–H groups in total. The minimum atomic E-state index is -3.44. The van der Waals surface area contributed by atoms with Crippen molar-refractivity contribution in [1.82, 2.24) is 10.3 Å². The molecule has 0 radical (unpaired) electrons. The van der Waals surface area contributed by atoms with Gasteiger partial charge in [-0.05, 0) is 62.4 Å². The Hall–Kier alpha value is -3.00. The molecule has 1 aromatic carbocycles. The summed E-state index contributed by atoms with van der Waals surface area (Å²) >= 11 is 0. The normalized spacial score (nSPS) is 19.3. The molecular weight excluding hydrogens is 416 g/mol. The number of sulfone groups is 1. The maximum Gasteiger partial charge on any atom is 0.287 e. The Morgan fingerprint density at radius 2 is 1.81 bits per heavy atom. The summed E-state index contributed by atoms with van der Waals surface area (Å²) in [7, 11) is -3.44. The predicted octanol–water partition coefficient (Wildman–Crippen LogP) is 3.68. The lowest BCUT2D eigenvalue weighted by atomic mass is 9.86. The van der Waals surface area contributed by atoms with E-state index in [1.165, 1.54) is 0 Å². The van der Waals surface area contributed by atoms with Crippen LogP contribution in [-0.4, -0.2) is 30.3 Å². The van der Waals surface area contributed by atoms with Crippen LogP contribution in [0.4, 0.5) is 0 Å². The van der Waals surface area contributed by atoms with Crippen LogP contribution in [0, 0.1) is 5.92 Å². The molecule has 2 aromatic heterocycles.